The summed E-state index contributed by atoms with van der Waals surface area (Å²) < 4.78 is 5.46. The van der Waals surface area contributed by atoms with Crippen LogP contribution in [0.1, 0.15) is 46.0 Å². The molecule has 2 aliphatic rings. The van der Waals surface area contributed by atoms with Crippen molar-refractivity contribution in [2.45, 2.75) is 52.0 Å². The minimum Gasteiger partial charge on any atom is -0.464 e. The second kappa shape index (κ2) is 6.45. The number of hydrogen-bond donors (Lipinski definition) is 2. The molecule has 21 heavy (non-hydrogen) atoms. The van der Waals surface area contributed by atoms with Gasteiger partial charge in [-0.25, -0.2) is 0 Å². The van der Waals surface area contributed by atoms with Gasteiger partial charge in [0.15, 0.2) is 0 Å². The quantitative estimate of drug-likeness (QED) is 0.729. The van der Waals surface area contributed by atoms with Gasteiger partial charge in [0.05, 0.1) is 6.61 Å². The van der Waals surface area contributed by atoms with Crippen LogP contribution in [0.25, 0.3) is 0 Å². The van der Waals surface area contributed by atoms with Crippen LogP contribution < -0.4 is 15.4 Å². The monoisotopic (exact) mass is 291 g/mol. The van der Waals surface area contributed by atoms with E-state index < -0.39 is 0 Å². The van der Waals surface area contributed by atoms with Crippen LogP contribution in [0.3, 0.4) is 0 Å². The van der Waals surface area contributed by atoms with Crippen LogP contribution in [0.15, 0.2) is 0 Å². The molecule has 1 aromatic heterocycles. The number of rotatable bonds is 9. The van der Waals surface area contributed by atoms with Gasteiger partial charge in [-0.15, -0.1) is 0 Å². The lowest BCUT2D eigenvalue weighted by atomic mass is 10.1. The van der Waals surface area contributed by atoms with E-state index in [1.54, 1.807) is 0 Å². The number of aromatic nitrogens is 3. The van der Waals surface area contributed by atoms with Crippen molar-refractivity contribution in [2.24, 2.45) is 11.8 Å². The van der Waals surface area contributed by atoms with Crippen molar-refractivity contribution in [3.05, 3.63) is 0 Å². The molecule has 0 aliphatic heterocycles. The maximum Gasteiger partial charge on any atom is 0.323 e. The van der Waals surface area contributed by atoms with Crippen LogP contribution in [0.2, 0.25) is 0 Å². The zero-order valence-corrected chi connectivity index (χ0v) is 12.9. The summed E-state index contributed by atoms with van der Waals surface area (Å²) in [6, 6.07) is 0.930. The molecule has 3 rings (SSSR count). The van der Waals surface area contributed by atoms with E-state index in [2.05, 4.69) is 32.5 Å². The molecule has 2 aliphatic carbocycles. The maximum absolute atomic E-state index is 5.46. The number of anilines is 2. The minimum atomic E-state index is 0.402. The highest BCUT2D eigenvalue weighted by atomic mass is 16.5. The molecule has 0 aromatic carbocycles. The molecule has 0 saturated heterocycles. The predicted molar refractivity (Wildman–Crippen MR) is 82.6 cm³/mol. The van der Waals surface area contributed by atoms with Crippen molar-refractivity contribution >= 4 is 11.9 Å². The fourth-order valence-corrected chi connectivity index (χ4v) is 2.61. The Bertz CT molecular complexity index is 461. The van der Waals surface area contributed by atoms with Crippen molar-refractivity contribution in [1.29, 1.82) is 0 Å². The van der Waals surface area contributed by atoms with Crippen LogP contribution in [0.5, 0.6) is 6.01 Å². The Hall–Kier alpha value is -1.59. The largest absolute Gasteiger partial charge is 0.464 e. The standard InChI is InChI=1S/C15H25N5O/c1-3-9-16-13-18-14(20-15(19-13)21-4-2)17-12(10-5-6-10)11-7-8-11/h10-12H,3-9H2,1-2H3,(H2,16,17,18,19,20). The fraction of sp³-hybridized carbons (Fsp3) is 0.800. The first-order valence-corrected chi connectivity index (χ1v) is 8.19. The molecular weight excluding hydrogens is 266 g/mol. The molecule has 6 heteroatoms. The number of ether oxygens (including phenoxy) is 1. The van der Waals surface area contributed by atoms with Crippen LogP contribution in [-0.2, 0) is 0 Å². The Morgan fingerprint density at radius 2 is 1.71 bits per heavy atom. The van der Waals surface area contributed by atoms with Gasteiger partial charge in [0, 0.05) is 12.6 Å². The van der Waals surface area contributed by atoms with Crippen LogP contribution >= 0.6 is 0 Å². The normalized spacial score (nSPS) is 17.9. The molecule has 1 aromatic rings. The average Bonchev–Trinajstić information content (AvgIpc) is 3.36. The Labute approximate surface area is 126 Å². The van der Waals surface area contributed by atoms with Gasteiger partial charge in [-0.3, -0.25) is 0 Å². The molecule has 1 heterocycles. The molecule has 0 radical (unpaired) electrons. The Morgan fingerprint density at radius 3 is 2.29 bits per heavy atom. The topological polar surface area (TPSA) is 72.0 Å². The first-order valence-electron chi connectivity index (χ1n) is 8.19. The van der Waals surface area contributed by atoms with Crippen LogP contribution in [-0.4, -0.2) is 34.1 Å². The summed E-state index contributed by atoms with van der Waals surface area (Å²) in [7, 11) is 0. The summed E-state index contributed by atoms with van der Waals surface area (Å²) in [5.41, 5.74) is 0. The van der Waals surface area contributed by atoms with Crippen LogP contribution in [0.4, 0.5) is 11.9 Å². The molecule has 0 amide bonds. The third-order valence-corrected chi connectivity index (χ3v) is 3.98. The van der Waals surface area contributed by atoms with Gasteiger partial charge in [-0.05, 0) is 50.9 Å². The number of hydrogen-bond acceptors (Lipinski definition) is 6. The third-order valence-electron chi connectivity index (χ3n) is 3.98. The van der Waals surface area contributed by atoms with Crippen molar-refractivity contribution < 1.29 is 4.74 Å². The average molecular weight is 291 g/mol. The summed E-state index contributed by atoms with van der Waals surface area (Å²) in [6.07, 6.45) is 6.36. The predicted octanol–water partition coefficient (Wildman–Crippen LogP) is 2.69. The second-order valence-corrected chi connectivity index (χ2v) is 5.97. The third kappa shape index (κ3) is 3.95. The van der Waals surface area contributed by atoms with Gasteiger partial charge in [0.2, 0.25) is 11.9 Å². The summed E-state index contributed by atoms with van der Waals surface area (Å²) >= 11 is 0. The van der Waals surface area contributed by atoms with Gasteiger partial charge in [-0.2, -0.15) is 15.0 Å². The summed E-state index contributed by atoms with van der Waals surface area (Å²) in [4.78, 5) is 13.2. The van der Waals surface area contributed by atoms with E-state index in [-0.39, 0.29) is 0 Å². The molecule has 0 atom stereocenters. The molecule has 2 N–H and O–H groups in total. The van der Waals surface area contributed by atoms with Crippen LogP contribution in [0, 0.1) is 11.8 Å². The summed E-state index contributed by atoms with van der Waals surface area (Å²) in [5, 5.41) is 6.75. The van der Waals surface area contributed by atoms with E-state index in [9.17, 15) is 0 Å². The lowest BCUT2D eigenvalue weighted by Crippen LogP contribution is -2.26. The molecule has 6 nitrogen and oxygen atoms in total. The molecule has 2 fully saturated rings. The maximum atomic E-state index is 5.46. The van der Waals surface area contributed by atoms with Gasteiger partial charge < -0.3 is 15.4 Å². The SMILES string of the molecule is CCCNc1nc(NC(C2CC2)C2CC2)nc(OCC)n1. The Morgan fingerprint density at radius 1 is 1.05 bits per heavy atom. The molecule has 0 bridgehead atoms. The zero-order valence-electron chi connectivity index (χ0n) is 12.9. The van der Waals surface area contributed by atoms with E-state index in [1.165, 1.54) is 25.7 Å². The van der Waals surface area contributed by atoms with Gasteiger partial charge in [0.1, 0.15) is 0 Å². The van der Waals surface area contributed by atoms with Crippen molar-refractivity contribution in [3.63, 3.8) is 0 Å². The molecular formula is C15H25N5O. The highest BCUT2D eigenvalue weighted by molar-refractivity contribution is 5.37. The second-order valence-electron chi connectivity index (χ2n) is 5.97. The number of nitrogens with one attached hydrogen (secondary N) is 2. The Balaban J connectivity index is 1.73. The van der Waals surface area contributed by atoms with Gasteiger partial charge in [0.25, 0.3) is 0 Å². The zero-order chi connectivity index (χ0) is 14.7. The fourth-order valence-electron chi connectivity index (χ4n) is 2.61. The molecule has 0 unspecified atom stereocenters. The van der Waals surface area contributed by atoms with Crippen molar-refractivity contribution in [3.8, 4) is 6.01 Å². The first-order chi connectivity index (χ1) is 10.3. The minimum absolute atomic E-state index is 0.402. The summed E-state index contributed by atoms with van der Waals surface area (Å²) in [5.74, 6) is 2.85. The van der Waals surface area contributed by atoms with Crippen molar-refractivity contribution in [2.75, 3.05) is 23.8 Å². The lowest BCUT2D eigenvalue weighted by Gasteiger charge is -2.18. The molecule has 116 valence electrons. The smallest absolute Gasteiger partial charge is 0.323 e. The summed E-state index contributed by atoms with van der Waals surface area (Å²) in [6.45, 7) is 5.47. The van der Waals surface area contributed by atoms with Crippen molar-refractivity contribution in [1.82, 2.24) is 15.0 Å². The first kappa shape index (κ1) is 14.4. The van der Waals surface area contributed by atoms with E-state index in [1.807, 2.05) is 6.92 Å². The molecule has 2 saturated carbocycles. The Kier molecular flexibility index (Phi) is 4.41. The van der Waals surface area contributed by atoms with E-state index in [0.29, 0.717) is 30.6 Å². The van der Waals surface area contributed by atoms with E-state index >= 15 is 0 Å². The van der Waals surface area contributed by atoms with Gasteiger partial charge >= 0.3 is 6.01 Å². The van der Waals surface area contributed by atoms with E-state index in [4.69, 9.17) is 4.74 Å². The lowest BCUT2D eigenvalue weighted by molar-refractivity contribution is 0.312. The highest BCUT2D eigenvalue weighted by Crippen LogP contribution is 2.45. The molecule has 0 spiro atoms. The number of nitrogens with zero attached hydrogens (tertiary/aromatic N) is 3. The highest BCUT2D eigenvalue weighted by Gasteiger charge is 2.41. The van der Waals surface area contributed by atoms with Gasteiger partial charge in [-0.1, -0.05) is 6.92 Å². The van der Waals surface area contributed by atoms with E-state index in [0.717, 1.165) is 24.8 Å².